The first-order valence-electron chi connectivity index (χ1n) is 5.00. The van der Waals surface area contributed by atoms with E-state index >= 15 is 0 Å². The van der Waals surface area contributed by atoms with E-state index in [2.05, 4.69) is 11.3 Å². The van der Waals surface area contributed by atoms with Crippen LogP contribution in [-0.2, 0) is 19.1 Å². The molecule has 0 aliphatic rings. The Morgan fingerprint density at radius 2 is 1.88 bits per heavy atom. The Morgan fingerprint density at radius 3 is 2.31 bits per heavy atom. The van der Waals surface area contributed by atoms with Gasteiger partial charge in [-0.25, -0.2) is 9.59 Å². The monoisotopic (exact) mass is 230 g/mol. The zero-order valence-corrected chi connectivity index (χ0v) is 10.4. The Hall–Kier alpha value is -1.36. The molecule has 0 fully saturated rings. The molecule has 0 spiro atoms. The van der Waals surface area contributed by atoms with E-state index in [-0.39, 0.29) is 19.1 Å². The lowest BCUT2D eigenvalue weighted by Gasteiger charge is -2.27. The van der Waals surface area contributed by atoms with Gasteiger partial charge >= 0.3 is 11.9 Å². The summed E-state index contributed by atoms with van der Waals surface area (Å²) in [6.45, 7) is 6.13. The molecule has 5 heteroatoms. The molecule has 0 amide bonds. The van der Waals surface area contributed by atoms with E-state index in [1.165, 1.54) is 7.11 Å². The van der Waals surface area contributed by atoms with E-state index in [4.69, 9.17) is 4.74 Å². The number of ether oxygens (including phenoxy) is 2. The van der Waals surface area contributed by atoms with Crippen LogP contribution < -0.4 is 0 Å². The van der Waals surface area contributed by atoms with Gasteiger partial charge in [0.1, 0.15) is 13.2 Å². The van der Waals surface area contributed by atoms with Gasteiger partial charge in [0.2, 0.25) is 0 Å². The fraction of sp³-hybridized carbons (Fsp3) is 0.636. The third-order valence-electron chi connectivity index (χ3n) is 2.06. The second kappa shape index (κ2) is 6.27. The van der Waals surface area contributed by atoms with Crippen molar-refractivity contribution < 1.29 is 23.5 Å². The van der Waals surface area contributed by atoms with Gasteiger partial charge in [-0.3, -0.25) is 0 Å². The van der Waals surface area contributed by atoms with Gasteiger partial charge in [-0.15, -0.1) is 0 Å². The number of methoxy groups -OCH3 is 1. The summed E-state index contributed by atoms with van der Waals surface area (Å²) in [7, 11) is 5.08. The van der Waals surface area contributed by atoms with Gasteiger partial charge < -0.3 is 14.0 Å². The van der Waals surface area contributed by atoms with Crippen molar-refractivity contribution >= 4 is 11.9 Å². The van der Waals surface area contributed by atoms with E-state index in [0.717, 1.165) is 0 Å². The molecule has 0 rings (SSSR count). The van der Waals surface area contributed by atoms with Crippen LogP contribution in [0, 0.1) is 0 Å². The van der Waals surface area contributed by atoms with E-state index in [1.54, 1.807) is 6.92 Å². The number of hydrogen-bond acceptors (Lipinski definition) is 4. The molecule has 0 bridgehead atoms. The van der Waals surface area contributed by atoms with Gasteiger partial charge in [0.25, 0.3) is 0 Å². The Kier molecular flexibility index (Phi) is 5.74. The molecule has 5 nitrogen and oxygen atoms in total. The van der Waals surface area contributed by atoms with Crippen LogP contribution in [0.5, 0.6) is 0 Å². The fourth-order valence-electron chi connectivity index (χ4n) is 1.00. The number of rotatable bonds is 6. The zero-order chi connectivity index (χ0) is 12.8. The van der Waals surface area contributed by atoms with E-state index in [1.807, 2.05) is 14.1 Å². The molecule has 92 valence electrons. The highest BCUT2D eigenvalue weighted by atomic mass is 16.5. The number of quaternary nitrogens is 1. The number of carbonyl (C=O) groups is 2. The van der Waals surface area contributed by atoms with Crippen molar-refractivity contribution in [2.45, 2.75) is 6.92 Å². The normalized spacial score (nSPS) is 10.8. The molecule has 0 aromatic heterocycles. The van der Waals surface area contributed by atoms with Crippen LogP contribution in [0.1, 0.15) is 6.92 Å². The molecule has 0 aliphatic carbocycles. The Bertz CT molecular complexity index is 284. The number of hydrogen-bond donors (Lipinski definition) is 0. The van der Waals surface area contributed by atoms with Crippen LogP contribution >= 0.6 is 0 Å². The van der Waals surface area contributed by atoms with Gasteiger partial charge in [0.15, 0.2) is 6.54 Å². The van der Waals surface area contributed by atoms with Gasteiger partial charge in [0.05, 0.1) is 21.2 Å². The van der Waals surface area contributed by atoms with Crippen molar-refractivity contribution in [1.82, 2.24) is 0 Å². The summed E-state index contributed by atoms with van der Waals surface area (Å²) in [5.41, 5.74) is 0.373. The maximum Gasteiger partial charge on any atom is 0.361 e. The lowest BCUT2D eigenvalue weighted by atomic mass is 10.4. The van der Waals surface area contributed by atoms with Crippen LogP contribution in [0.15, 0.2) is 12.2 Å². The van der Waals surface area contributed by atoms with Crippen molar-refractivity contribution in [3.8, 4) is 0 Å². The SMILES string of the molecule is C=C(C)C(=O)OCC[N+](C)(C)CC(=O)OC. The van der Waals surface area contributed by atoms with Crippen molar-refractivity contribution in [2.24, 2.45) is 0 Å². The van der Waals surface area contributed by atoms with Gasteiger partial charge in [-0.05, 0) is 6.92 Å². The first-order valence-corrected chi connectivity index (χ1v) is 5.00. The quantitative estimate of drug-likeness (QED) is 0.375. The van der Waals surface area contributed by atoms with Crippen molar-refractivity contribution in [1.29, 1.82) is 0 Å². The van der Waals surface area contributed by atoms with Crippen molar-refractivity contribution in [3.05, 3.63) is 12.2 Å². The number of carbonyl (C=O) groups excluding carboxylic acids is 2. The predicted molar refractivity (Wildman–Crippen MR) is 59.6 cm³/mol. The smallest absolute Gasteiger partial charge is 0.361 e. The summed E-state index contributed by atoms with van der Waals surface area (Å²) in [5.74, 6) is -0.686. The summed E-state index contributed by atoms with van der Waals surface area (Å²) in [6.07, 6.45) is 0. The topological polar surface area (TPSA) is 52.6 Å². The standard InChI is InChI=1S/C11H20NO4/c1-9(2)11(14)16-7-6-12(3,4)8-10(13)15-5/h1,6-8H2,2-5H3/q+1. The number of nitrogens with zero attached hydrogens (tertiary/aromatic N) is 1. The highest BCUT2D eigenvalue weighted by molar-refractivity contribution is 5.86. The average molecular weight is 230 g/mol. The molecule has 16 heavy (non-hydrogen) atoms. The Morgan fingerprint density at radius 1 is 1.31 bits per heavy atom. The molecule has 0 aliphatic heterocycles. The molecular formula is C11H20NO4+. The highest BCUT2D eigenvalue weighted by Crippen LogP contribution is 1.99. The maximum absolute atomic E-state index is 11.1. The van der Waals surface area contributed by atoms with Crippen molar-refractivity contribution in [2.75, 3.05) is 40.9 Å². The van der Waals surface area contributed by atoms with Crippen LogP contribution in [-0.4, -0.2) is 57.3 Å². The van der Waals surface area contributed by atoms with E-state index in [0.29, 0.717) is 16.6 Å². The molecule has 0 aromatic carbocycles. The van der Waals surface area contributed by atoms with Crippen molar-refractivity contribution in [3.63, 3.8) is 0 Å². The largest absolute Gasteiger partial charge is 0.465 e. The second-order valence-corrected chi connectivity index (χ2v) is 4.31. The molecule has 0 heterocycles. The summed E-state index contributed by atoms with van der Waals surface area (Å²) in [6, 6.07) is 0. The predicted octanol–water partition coefficient (Wildman–Crippen LogP) is 0.355. The lowest BCUT2D eigenvalue weighted by molar-refractivity contribution is -0.883. The molecular weight excluding hydrogens is 210 g/mol. The van der Waals surface area contributed by atoms with Crippen LogP contribution in [0.2, 0.25) is 0 Å². The molecule has 0 unspecified atom stereocenters. The lowest BCUT2D eigenvalue weighted by Crippen LogP contribution is -2.46. The molecule has 0 saturated heterocycles. The third-order valence-corrected chi connectivity index (χ3v) is 2.06. The Labute approximate surface area is 96.2 Å². The molecule has 0 radical (unpaired) electrons. The molecule has 0 aromatic rings. The number of esters is 2. The number of likely N-dealkylation sites (N-methyl/N-ethyl adjacent to an activating group) is 1. The minimum Gasteiger partial charge on any atom is -0.465 e. The fourth-order valence-corrected chi connectivity index (χ4v) is 1.00. The first kappa shape index (κ1) is 14.6. The zero-order valence-electron chi connectivity index (χ0n) is 10.4. The average Bonchev–Trinajstić information content (AvgIpc) is 2.16. The van der Waals surface area contributed by atoms with E-state index < -0.39 is 5.97 Å². The minimum absolute atomic E-state index is 0.251. The minimum atomic E-state index is -0.405. The van der Waals surface area contributed by atoms with Gasteiger partial charge in [-0.1, -0.05) is 6.58 Å². The maximum atomic E-state index is 11.1. The summed E-state index contributed by atoms with van der Waals surface area (Å²) < 4.78 is 9.94. The molecule has 0 saturated carbocycles. The molecule has 0 N–H and O–H groups in total. The summed E-state index contributed by atoms with van der Waals surface area (Å²) in [4.78, 5) is 22.2. The first-order chi connectivity index (χ1) is 7.28. The summed E-state index contributed by atoms with van der Waals surface area (Å²) in [5, 5.41) is 0. The van der Waals surface area contributed by atoms with Crippen LogP contribution in [0.4, 0.5) is 0 Å². The van der Waals surface area contributed by atoms with Crippen LogP contribution in [0.25, 0.3) is 0 Å². The summed E-state index contributed by atoms with van der Waals surface area (Å²) >= 11 is 0. The second-order valence-electron chi connectivity index (χ2n) is 4.31. The molecule has 0 atom stereocenters. The Balaban J connectivity index is 3.95. The third kappa shape index (κ3) is 6.19. The van der Waals surface area contributed by atoms with Gasteiger partial charge in [-0.2, -0.15) is 0 Å². The van der Waals surface area contributed by atoms with Crippen LogP contribution in [0.3, 0.4) is 0 Å². The van der Waals surface area contributed by atoms with Gasteiger partial charge in [0, 0.05) is 5.57 Å². The highest BCUT2D eigenvalue weighted by Gasteiger charge is 2.20. The van der Waals surface area contributed by atoms with E-state index in [9.17, 15) is 9.59 Å².